The summed E-state index contributed by atoms with van der Waals surface area (Å²) in [5.74, 6) is -0.356. The van der Waals surface area contributed by atoms with E-state index in [9.17, 15) is 14.0 Å². The Morgan fingerprint density at radius 1 is 1.33 bits per heavy atom. The summed E-state index contributed by atoms with van der Waals surface area (Å²) in [6.07, 6.45) is 1.32. The molecule has 2 heterocycles. The fraction of sp³-hybridized carbons (Fsp3) is 0.353. The van der Waals surface area contributed by atoms with Crippen LogP contribution in [0.25, 0.3) is 11.3 Å². The van der Waals surface area contributed by atoms with Crippen molar-refractivity contribution in [3.63, 3.8) is 0 Å². The Morgan fingerprint density at radius 2 is 2.12 bits per heavy atom. The van der Waals surface area contributed by atoms with E-state index in [0.717, 1.165) is 0 Å². The smallest absolute Gasteiger partial charge is 0.239 e. The number of rotatable bonds is 3. The number of hydrogen-bond donors (Lipinski definition) is 1. The lowest BCUT2D eigenvalue weighted by molar-refractivity contribution is -0.140. The predicted molar refractivity (Wildman–Crippen MR) is 82.4 cm³/mol. The Balaban J connectivity index is 1.61. The molecule has 2 aliphatic rings. The Labute approximate surface area is 137 Å². The average Bonchev–Trinajstić information content (AvgIpc) is 3.25. The molecule has 1 aromatic heterocycles. The predicted octanol–water partition coefficient (Wildman–Crippen LogP) is 1.47. The van der Waals surface area contributed by atoms with Crippen LogP contribution in [0.2, 0.25) is 0 Å². The van der Waals surface area contributed by atoms with Gasteiger partial charge in [0.15, 0.2) is 5.76 Å². The van der Waals surface area contributed by atoms with Gasteiger partial charge in [-0.1, -0.05) is 17.3 Å². The summed E-state index contributed by atoms with van der Waals surface area (Å²) >= 11 is 0. The van der Waals surface area contributed by atoms with Crippen LogP contribution in [0.5, 0.6) is 0 Å². The molecule has 0 bridgehead atoms. The second kappa shape index (κ2) is 5.43. The van der Waals surface area contributed by atoms with Crippen LogP contribution < -0.4 is 5.32 Å². The normalized spacial score (nSPS) is 19.0. The van der Waals surface area contributed by atoms with Crippen molar-refractivity contribution >= 4 is 11.8 Å². The molecule has 2 fully saturated rings. The molecule has 1 aromatic carbocycles. The van der Waals surface area contributed by atoms with Crippen molar-refractivity contribution in [1.29, 1.82) is 0 Å². The third kappa shape index (κ3) is 2.36. The summed E-state index contributed by atoms with van der Waals surface area (Å²) in [5.41, 5.74) is 0.0959. The first-order valence-electron chi connectivity index (χ1n) is 7.88. The number of nitrogens with zero attached hydrogens (tertiary/aromatic N) is 2. The van der Waals surface area contributed by atoms with E-state index >= 15 is 0 Å². The van der Waals surface area contributed by atoms with Gasteiger partial charge >= 0.3 is 0 Å². The van der Waals surface area contributed by atoms with Gasteiger partial charge in [0.1, 0.15) is 5.82 Å². The minimum atomic E-state index is -0.732. The number of nitrogens with one attached hydrogen (secondary N) is 1. The van der Waals surface area contributed by atoms with Gasteiger partial charge in [-0.05, 0) is 25.0 Å². The van der Waals surface area contributed by atoms with Crippen LogP contribution >= 0.6 is 0 Å². The van der Waals surface area contributed by atoms with Crippen molar-refractivity contribution < 1.29 is 18.5 Å². The summed E-state index contributed by atoms with van der Waals surface area (Å²) in [4.78, 5) is 25.9. The maximum atomic E-state index is 13.9. The summed E-state index contributed by atoms with van der Waals surface area (Å²) in [6.45, 7) is 1.02. The van der Waals surface area contributed by atoms with E-state index in [2.05, 4.69) is 10.5 Å². The number of carbonyl (C=O) groups is 2. The van der Waals surface area contributed by atoms with E-state index in [0.29, 0.717) is 42.9 Å². The second-order valence-corrected chi connectivity index (χ2v) is 6.22. The number of carbonyl (C=O) groups excluding carboxylic acids is 2. The van der Waals surface area contributed by atoms with Gasteiger partial charge in [0.25, 0.3) is 0 Å². The van der Waals surface area contributed by atoms with Crippen molar-refractivity contribution in [1.82, 2.24) is 15.4 Å². The molecule has 7 heteroatoms. The Morgan fingerprint density at radius 3 is 2.83 bits per heavy atom. The second-order valence-electron chi connectivity index (χ2n) is 6.22. The van der Waals surface area contributed by atoms with Crippen LogP contribution in [-0.4, -0.2) is 41.5 Å². The van der Waals surface area contributed by atoms with E-state index in [-0.39, 0.29) is 18.4 Å². The first-order chi connectivity index (χ1) is 11.6. The van der Waals surface area contributed by atoms with Gasteiger partial charge in [-0.25, -0.2) is 4.39 Å². The van der Waals surface area contributed by atoms with Crippen LogP contribution in [-0.2, 0) is 15.0 Å². The van der Waals surface area contributed by atoms with E-state index in [1.807, 2.05) is 0 Å². The molecular weight excluding hydrogens is 313 g/mol. The van der Waals surface area contributed by atoms with Gasteiger partial charge in [-0.15, -0.1) is 0 Å². The van der Waals surface area contributed by atoms with Crippen LogP contribution in [0.3, 0.4) is 0 Å². The van der Waals surface area contributed by atoms with Gasteiger partial charge in [0, 0.05) is 19.2 Å². The molecule has 1 saturated heterocycles. The third-order valence-corrected chi connectivity index (χ3v) is 4.62. The maximum Gasteiger partial charge on any atom is 0.239 e. The fourth-order valence-corrected chi connectivity index (χ4v) is 3.11. The van der Waals surface area contributed by atoms with Crippen molar-refractivity contribution in [2.75, 3.05) is 19.6 Å². The zero-order chi connectivity index (χ0) is 16.7. The van der Waals surface area contributed by atoms with E-state index in [1.165, 1.54) is 6.07 Å². The molecule has 2 aromatic rings. The van der Waals surface area contributed by atoms with Gasteiger partial charge < -0.3 is 14.7 Å². The monoisotopic (exact) mass is 329 g/mol. The van der Waals surface area contributed by atoms with E-state index in [1.54, 1.807) is 29.2 Å². The molecular formula is C17H16FN3O3. The summed E-state index contributed by atoms with van der Waals surface area (Å²) in [5, 5.41) is 6.71. The first-order valence-corrected chi connectivity index (χ1v) is 7.88. The van der Waals surface area contributed by atoms with Crippen molar-refractivity contribution in [3.8, 4) is 11.3 Å². The Bertz CT molecular complexity index is 813. The largest absolute Gasteiger partial charge is 0.356 e. The van der Waals surface area contributed by atoms with Gasteiger partial charge in [-0.3, -0.25) is 9.59 Å². The number of hydrogen-bond acceptors (Lipinski definition) is 4. The van der Waals surface area contributed by atoms with E-state index < -0.39 is 11.2 Å². The van der Waals surface area contributed by atoms with Gasteiger partial charge in [0.2, 0.25) is 11.8 Å². The van der Waals surface area contributed by atoms with Gasteiger partial charge in [0.05, 0.1) is 23.2 Å². The van der Waals surface area contributed by atoms with Crippen molar-refractivity contribution in [2.24, 2.45) is 0 Å². The maximum absolute atomic E-state index is 13.9. The number of halogens is 1. The number of piperazine rings is 1. The average molecular weight is 329 g/mol. The minimum absolute atomic E-state index is 0.0681. The fourth-order valence-electron chi connectivity index (χ4n) is 3.11. The van der Waals surface area contributed by atoms with Crippen LogP contribution in [0, 0.1) is 5.82 Å². The van der Waals surface area contributed by atoms with Crippen molar-refractivity contribution in [3.05, 3.63) is 41.8 Å². The minimum Gasteiger partial charge on any atom is -0.356 e. The molecule has 2 amide bonds. The van der Waals surface area contributed by atoms with Gasteiger partial charge in [-0.2, -0.15) is 0 Å². The Hall–Kier alpha value is -2.70. The quantitative estimate of drug-likeness (QED) is 0.925. The molecule has 24 heavy (non-hydrogen) atoms. The third-order valence-electron chi connectivity index (χ3n) is 4.62. The number of amides is 2. The number of benzene rings is 1. The molecule has 1 aliphatic carbocycles. The lowest BCUT2D eigenvalue weighted by Gasteiger charge is -2.29. The molecule has 1 N–H and O–H groups in total. The topological polar surface area (TPSA) is 75.4 Å². The zero-order valence-electron chi connectivity index (χ0n) is 12.9. The molecule has 1 aliphatic heterocycles. The molecule has 0 atom stereocenters. The summed E-state index contributed by atoms with van der Waals surface area (Å²) in [6, 6.07) is 7.90. The molecule has 0 radical (unpaired) electrons. The summed E-state index contributed by atoms with van der Waals surface area (Å²) < 4.78 is 19.2. The SMILES string of the molecule is O=C1CN(C(=O)C2(c3cc(-c4ccccc4F)on3)CC2)CCN1. The van der Waals surface area contributed by atoms with E-state index in [4.69, 9.17) is 4.52 Å². The standard InChI is InChI=1S/C17H16FN3O3/c18-12-4-2-1-3-11(12)13-9-14(20-24-13)17(5-6-17)16(23)21-8-7-19-15(22)10-21/h1-4,9H,5-8,10H2,(H,19,22). The highest BCUT2D eigenvalue weighted by molar-refractivity contribution is 5.94. The number of aromatic nitrogens is 1. The first kappa shape index (κ1) is 14.9. The van der Waals surface area contributed by atoms with Crippen molar-refractivity contribution in [2.45, 2.75) is 18.3 Å². The molecule has 6 nitrogen and oxygen atoms in total. The summed E-state index contributed by atoms with van der Waals surface area (Å²) in [7, 11) is 0. The molecule has 0 spiro atoms. The molecule has 0 unspecified atom stereocenters. The van der Waals surface area contributed by atoms with Crippen LogP contribution in [0.4, 0.5) is 4.39 Å². The van der Waals surface area contributed by atoms with Crippen LogP contribution in [0.15, 0.2) is 34.9 Å². The van der Waals surface area contributed by atoms with Crippen LogP contribution in [0.1, 0.15) is 18.5 Å². The zero-order valence-corrected chi connectivity index (χ0v) is 12.9. The Kier molecular flexibility index (Phi) is 3.37. The lowest BCUT2D eigenvalue weighted by atomic mass is 9.99. The lowest BCUT2D eigenvalue weighted by Crippen LogP contribution is -2.52. The molecule has 4 rings (SSSR count). The highest BCUT2D eigenvalue weighted by atomic mass is 19.1. The highest BCUT2D eigenvalue weighted by Crippen LogP contribution is 2.49. The highest BCUT2D eigenvalue weighted by Gasteiger charge is 2.55. The molecule has 124 valence electrons. The molecule has 1 saturated carbocycles.